The fourth-order valence-corrected chi connectivity index (χ4v) is 6.26. The van der Waals surface area contributed by atoms with Gasteiger partial charge in [-0.15, -0.1) is 11.6 Å². The first-order valence-corrected chi connectivity index (χ1v) is 10.4. The molecule has 6 heteroatoms. The highest BCUT2D eigenvalue weighted by Gasteiger charge is 2.67. The number of carboxylic acid groups (broad SMARTS) is 1. The molecule has 1 fully saturated rings. The lowest BCUT2D eigenvalue weighted by Crippen LogP contribution is -2.50. The molecule has 1 aliphatic heterocycles. The summed E-state index contributed by atoms with van der Waals surface area (Å²) in [4.78, 5) is 38.6. The summed E-state index contributed by atoms with van der Waals surface area (Å²) in [6.45, 7) is 0. The van der Waals surface area contributed by atoms with Crippen molar-refractivity contribution in [1.82, 2.24) is 0 Å². The second kappa shape index (κ2) is 6.05. The average molecular weight is 430 g/mol. The van der Waals surface area contributed by atoms with Crippen molar-refractivity contribution in [2.75, 3.05) is 4.90 Å². The highest BCUT2D eigenvalue weighted by molar-refractivity contribution is 6.33. The molecule has 7 rings (SSSR count). The van der Waals surface area contributed by atoms with E-state index in [1.165, 1.54) is 29.2 Å². The van der Waals surface area contributed by atoms with Crippen LogP contribution in [0.1, 0.15) is 38.5 Å². The minimum atomic E-state index is -1.13. The van der Waals surface area contributed by atoms with Gasteiger partial charge in [0.1, 0.15) is 4.87 Å². The van der Waals surface area contributed by atoms with E-state index in [2.05, 4.69) is 0 Å². The van der Waals surface area contributed by atoms with Crippen molar-refractivity contribution in [1.29, 1.82) is 0 Å². The Bertz CT molecular complexity index is 1250. The van der Waals surface area contributed by atoms with Crippen molar-refractivity contribution in [3.05, 3.63) is 101 Å². The van der Waals surface area contributed by atoms with Crippen LogP contribution in [0.5, 0.6) is 0 Å². The fraction of sp³-hybridized carbons (Fsp3) is 0.160. The molecule has 2 atom stereocenters. The maximum atomic E-state index is 13.7. The second-order valence-corrected chi connectivity index (χ2v) is 8.83. The van der Waals surface area contributed by atoms with Crippen LogP contribution >= 0.6 is 11.6 Å². The highest BCUT2D eigenvalue weighted by atomic mass is 35.5. The molecule has 3 aliphatic carbocycles. The minimum Gasteiger partial charge on any atom is -0.478 e. The van der Waals surface area contributed by atoms with E-state index in [9.17, 15) is 14.4 Å². The summed E-state index contributed by atoms with van der Waals surface area (Å²) < 4.78 is 0. The number of anilines is 1. The van der Waals surface area contributed by atoms with Gasteiger partial charge >= 0.3 is 5.97 Å². The number of nitrogens with zero attached hydrogens (tertiary/aromatic N) is 1. The van der Waals surface area contributed by atoms with E-state index in [4.69, 9.17) is 16.7 Å². The predicted octanol–water partition coefficient (Wildman–Crippen LogP) is 4.13. The lowest BCUT2D eigenvalue weighted by Gasteiger charge is -2.50. The minimum absolute atomic E-state index is 0.0916. The molecule has 0 radical (unpaired) electrons. The maximum Gasteiger partial charge on any atom is 0.335 e. The summed E-state index contributed by atoms with van der Waals surface area (Å²) in [6.07, 6.45) is 0. The van der Waals surface area contributed by atoms with Crippen LogP contribution in [0.3, 0.4) is 0 Å². The number of alkyl halides is 1. The van der Waals surface area contributed by atoms with Gasteiger partial charge in [-0.05, 0) is 46.5 Å². The van der Waals surface area contributed by atoms with Crippen LogP contribution in [0, 0.1) is 11.8 Å². The van der Waals surface area contributed by atoms with Crippen molar-refractivity contribution in [3.63, 3.8) is 0 Å². The van der Waals surface area contributed by atoms with E-state index in [0.29, 0.717) is 5.69 Å². The molecule has 1 N–H and O–H groups in total. The van der Waals surface area contributed by atoms with E-state index in [1.807, 2.05) is 48.5 Å². The molecule has 0 spiro atoms. The molecule has 0 aromatic heterocycles. The van der Waals surface area contributed by atoms with Crippen LogP contribution in [0.2, 0.25) is 0 Å². The normalized spacial score (nSPS) is 27.6. The van der Waals surface area contributed by atoms with Crippen LogP contribution in [-0.2, 0) is 14.5 Å². The molecular weight excluding hydrogens is 414 g/mol. The average Bonchev–Trinajstić information content (AvgIpc) is 3.06. The van der Waals surface area contributed by atoms with Gasteiger partial charge < -0.3 is 5.11 Å². The monoisotopic (exact) mass is 429 g/mol. The Morgan fingerprint density at radius 3 is 1.94 bits per heavy atom. The predicted molar refractivity (Wildman–Crippen MR) is 114 cm³/mol. The van der Waals surface area contributed by atoms with E-state index in [1.54, 1.807) is 0 Å². The third-order valence-electron chi connectivity index (χ3n) is 6.89. The van der Waals surface area contributed by atoms with Gasteiger partial charge in [0.2, 0.25) is 11.8 Å². The first-order valence-electron chi connectivity index (χ1n) is 10.0. The smallest absolute Gasteiger partial charge is 0.335 e. The first kappa shape index (κ1) is 18.3. The standard InChI is InChI=1S/C25H16ClNO4/c26-25-17-7-3-1-5-15(17)19(16-6-2-4-8-18(16)25)20-21(25)23(29)27(22(20)28)14-11-9-13(10-12-14)24(30)31/h1-12,19-21H,(H,30,31)/t19?,20-,21-,25?/m0/s1. The first-order chi connectivity index (χ1) is 14.9. The number of rotatable bonds is 2. The van der Waals surface area contributed by atoms with Gasteiger partial charge in [0.15, 0.2) is 0 Å². The molecule has 2 bridgehead atoms. The molecule has 152 valence electrons. The molecule has 5 nitrogen and oxygen atoms in total. The van der Waals surface area contributed by atoms with Gasteiger partial charge in [-0.3, -0.25) is 9.59 Å². The summed E-state index contributed by atoms with van der Waals surface area (Å²) in [5.41, 5.74) is 4.19. The second-order valence-electron chi connectivity index (χ2n) is 8.23. The molecule has 4 aliphatic rings. The summed E-state index contributed by atoms with van der Waals surface area (Å²) in [5, 5.41) is 9.16. The lowest BCUT2D eigenvalue weighted by atomic mass is 9.54. The van der Waals surface area contributed by atoms with Crippen molar-refractivity contribution < 1.29 is 19.5 Å². The summed E-state index contributed by atoms with van der Waals surface area (Å²) >= 11 is 7.36. The van der Waals surface area contributed by atoms with Crippen LogP contribution in [0.25, 0.3) is 0 Å². The number of carboxylic acids is 1. The van der Waals surface area contributed by atoms with Crippen LogP contribution in [0.4, 0.5) is 5.69 Å². The largest absolute Gasteiger partial charge is 0.478 e. The Hall–Kier alpha value is -3.44. The molecule has 2 amide bonds. The number of amides is 2. The van der Waals surface area contributed by atoms with Crippen molar-refractivity contribution in [2.45, 2.75) is 10.8 Å². The molecule has 0 unspecified atom stereocenters. The van der Waals surface area contributed by atoms with Gasteiger partial charge in [-0.25, -0.2) is 9.69 Å². The number of hydrogen-bond donors (Lipinski definition) is 1. The summed E-state index contributed by atoms with van der Waals surface area (Å²) in [7, 11) is 0. The molecule has 3 aromatic carbocycles. The third-order valence-corrected chi connectivity index (χ3v) is 7.53. The SMILES string of the molecule is O=C(O)c1ccc(N2C(=O)[C@@H]3[C@@H](C2=O)C2c4ccccc4C3(Cl)c3ccccc32)cc1. The van der Waals surface area contributed by atoms with Gasteiger partial charge in [0, 0.05) is 5.92 Å². The van der Waals surface area contributed by atoms with Gasteiger partial charge in [0.25, 0.3) is 0 Å². The molecule has 3 aromatic rings. The third kappa shape index (κ3) is 2.14. The zero-order valence-electron chi connectivity index (χ0n) is 16.2. The van der Waals surface area contributed by atoms with Crippen molar-refractivity contribution in [3.8, 4) is 0 Å². The number of benzene rings is 3. The zero-order valence-corrected chi connectivity index (χ0v) is 16.9. The Kier molecular flexibility index (Phi) is 3.58. The number of hydrogen-bond acceptors (Lipinski definition) is 3. The summed E-state index contributed by atoms with van der Waals surface area (Å²) in [6, 6.07) is 21.4. The van der Waals surface area contributed by atoms with Crippen molar-refractivity contribution >= 4 is 35.1 Å². The Morgan fingerprint density at radius 1 is 0.839 bits per heavy atom. The Morgan fingerprint density at radius 2 is 1.39 bits per heavy atom. The highest BCUT2D eigenvalue weighted by Crippen LogP contribution is 2.65. The Balaban J connectivity index is 1.55. The molecule has 1 saturated heterocycles. The van der Waals surface area contributed by atoms with Gasteiger partial charge in [0.05, 0.1) is 23.1 Å². The zero-order chi connectivity index (χ0) is 21.5. The number of imide groups is 1. The van der Waals surface area contributed by atoms with Gasteiger partial charge in [-0.2, -0.15) is 0 Å². The number of aromatic carboxylic acids is 1. The molecule has 0 saturated carbocycles. The number of carbonyl (C=O) groups excluding carboxylic acids is 2. The molecular formula is C25H16ClNO4. The quantitative estimate of drug-likeness (QED) is 0.491. The van der Waals surface area contributed by atoms with Crippen LogP contribution in [0.15, 0.2) is 72.8 Å². The molecule has 1 heterocycles. The van der Waals surface area contributed by atoms with Crippen molar-refractivity contribution in [2.24, 2.45) is 11.8 Å². The van der Waals surface area contributed by atoms with Crippen LogP contribution in [-0.4, -0.2) is 22.9 Å². The molecule has 31 heavy (non-hydrogen) atoms. The Labute approximate surface area is 182 Å². The van der Waals surface area contributed by atoms with E-state index in [0.717, 1.165) is 22.3 Å². The summed E-state index contributed by atoms with van der Waals surface area (Å²) in [5.74, 6) is -3.29. The maximum absolute atomic E-state index is 13.7. The number of carbonyl (C=O) groups is 3. The van der Waals surface area contributed by atoms with Crippen LogP contribution < -0.4 is 4.90 Å². The van der Waals surface area contributed by atoms with E-state index in [-0.39, 0.29) is 23.3 Å². The van der Waals surface area contributed by atoms with E-state index < -0.39 is 22.7 Å². The van der Waals surface area contributed by atoms with E-state index >= 15 is 0 Å². The topological polar surface area (TPSA) is 74.7 Å². The number of halogens is 1. The fourth-order valence-electron chi connectivity index (χ4n) is 5.69. The van der Waals surface area contributed by atoms with Gasteiger partial charge in [-0.1, -0.05) is 48.5 Å². The lowest BCUT2D eigenvalue weighted by molar-refractivity contribution is -0.122.